The van der Waals surface area contributed by atoms with Crippen LogP contribution < -0.4 is 0 Å². The molecule has 0 radical (unpaired) electrons. The zero-order chi connectivity index (χ0) is 33.4. The van der Waals surface area contributed by atoms with Gasteiger partial charge in [-0.25, -0.2) is 0 Å². The Morgan fingerprint density at radius 2 is 0.810 bits per heavy atom. The number of hydrogen-bond acceptors (Lipinski definition) is 7. The average molecular weight is 614 g/mol. The third kappa shape index (κ3) is 32.6. The quantitative estimate of drug-likeness (QED) is 0.0970. The molecule has 0 amide bonds. The molecule has 0 aromatic heterocycles. The van der Waals surface area contributed by atoms with E-state index < -0.39 is 0 Å². The summed E-state index contributed by atoms with van der Waals surface area (Å²) in [6, 6.07) is 0. The van der Waals surface area contributed by atoms with Crippen LogP contribution >= 0.6 is 0 Å². The zero-order valence-electron chi connectivity index (χ0n) is 29.9. The number of aliphatic hydroxyl groups is 6. The van der Waals surface area contributed by atoms with Gasteiger partial charge in [0.15, 0.2) is 0 Å². The summed E-state index contributed by atoms with van der Waals surface area (Å²) in [5, 5.41) is 51.6. The molecule has 0 aliphatic rings. The molecule has 42 heavy (non-hydrogen) atoms. The Morgan fingerprint density at radius 3 is 0.881 bits per heavy atom. The van der Waals surface area contributed by atoms with E-state index in [0.29, 0.717) is 18.5 Å². The van der Waals surface area contributed by atoms with Gasteiger partial charge in [0.2, 0.25) is 0 Å². The van der Waals surface area contributed by atoms with Crippen molar-refractivity contribution < 1.29 is 30.6 Å². The molecule has 7 nitrogen and oxygen atoms in total. The maximum absolute atomic E-state index is 8.82. The van der Waals surface area contributed by atoms with Gasteiger partial charge in [-0.2, -0.15) is 0 Å². The molecule has 0 aliphatic carbocycles. The molecule has 6 N–H and O–H groups in total. The van der Waals surface area contributed by atoms with Gasteiger partial charge in [-0.1, -0.05) is 129 Å². The fourth-order valence-electron chi connectivity index (χ4n) is 3.52. The Bertz CT molecular complexity index is 389. The topological polar surface area (TPSA) is 125 Å². The number of aliphatic hydroxyl groups excluding tert-OH is 6. The molecule has 0 spiro atoms. The normalized spacial score (nSPS) is 11.1. The van der Waals surface area contributed by atoms with Crippen LogP contribution in [-0.4, -0.2) is 94.8 Å². The van der Waals surface area contributed by atoms with Crippen LogP contribution in [0.15, 0.2) is 0 Å². The van der Waals surface area contributed by atoms with E-state index >= 15 is 0 Å². The minimum Gasteiger partial charge on any atom is -0.396 e. The predicted molar refractivity (Wildman–Crippen MR) is 186 cm³/mol. The molecule has 264 valence electrons. The van der Waals surface area contributed by atoms with Gasteiger partial charge in [0.25, 0.3) is 0 Å². The highest BCUT2D eigenvalue weighted by Gasteiger charge is 2.23. The maximum atomic E-state index is 8.82. The van der Waals surface area contributed by atoms with E-state index in [9.17, 15) is 0 Å². The predicted octanol–water partition coefficient (Wildman–Crippen LogP) is 7.15. The van der Waals surface area contributed by atoms with Crippen molar-refractivity contribution >= 4 is 0 Å². The highest BCUT2D eigenvalue weighted by atomic mass is 16.3. The van der Waals surface area contributed by atoms with Gasteiger partial charge in [-0.05, 0) is 37.1 Å². The Balaban J connectivity index is -0.0000000969. The second-order valence-electron chi connectivity index (χ2n) is 12.1. The lowest BCUT2D eigenvalue weighted by Gasteiger charge is -2.28. The Kier molecular flexibility index (Phi) is 47.6. The standard InChI is InChI=1S/C9H20.C7H17NO2.C7H16O2.C6H14.C5H12O2.CH4/c1-5-9(6-2,7-3)8-4;1-2-3-8(4-6-9)5-7-10;1-3-7(4-2,5-8)6-9;1-4-6(3)5-2;1-5(2,3-6)4-7;/h5-8H2,1-4H3;9-10H,2-7H2,1H3;8-9H,3-6H2,1-2H3;6H,4-5H2,1-3H3;6-7H,3-4H2,1-2H3;1H4. The molecule has 0 bridgehead atoms. The highest BCUT2D eigenvalue weighted by molar-refractivity contribution is 4.73. The lowest BCUT2D eigenvalue weighted by Crippen LogP contribution is -2.30. The summed E-state index contributed by atoms with van der Waals surface area (Å²) in [6.07, 6.45) is 10.8. The first-order valence-corrected chi connectivity index (χ1v) is 16.6. The van der Waals surface area contributed by atoms with Crippen molar-refractivity contribution in [2.75, 3.05) is 59.3 Å². The third-order valence-electron chi connectivity index (χ3n) is 8.79. The van der Waals surface area contributed by atoms with Gasteiger partial charge in [-0.15, -0.1) is 0 Å². The molecule has 7 heteroatoms. The maximum Gasteiger partial charge on any atom is 0.0558 e. The first-order valence-electron chi connectivity index (χ1n) is 16.6. The average Bonchev–Trinajstić information content (AvgIpc) is 3.01. The van der Waals surface area contributed by atoms with Crippen LogP contribution in [0.4, 0.5) is 0 Å². The molecule has 0 aromatic rings. The molecule has 0 rings (SSSR count). The third-order valence-corrected chi connectivity index (χ3v) is 8.79. The van der Waals surface area contributed by atoms with Gasteiger partial charge >= 0.3 is 0 Å². The second-order valence-corrected chi connectivity index (χ2v) is 12.1. The molecule has 0 aromatic carbocycles. The van der Waals surface area contributed by atoms with Gasteiger partial charge < -0.3 is 30.6 Å². The summed E-state index contributed by atoms with van der Waals surface area (Å²) in [7, 11) is 0. The SMILES string of the molecule is C.CC(C)(CO)CO.CCC(C)CC.CCC(CC)(CC)CC.CCC(CC)(CO)CO.CCCN(CCO)CCO. The van der Waals surface area contributed by atoms with E-state index in [1.165, 1.54) is 38.5 Å². The van der Waals surface area contributed by atoms with Crippen LogP contribution in [0.1, 0.15) is 148 Å². The fraction of sp³-hybridized carbons (Fsp3) is 1.00. The van der Waals surface area contributed by atoms with Crippen LogP contribution in [0.25, 0.3) is 0 Å². The molecular weight excluding hydrogens is 530 g/mol. The molecule has 0 saturated heterocycles. The first-order chi connectivity index (χ1) is 19.3. The minimum atomic E-state index is -0.306. The van der Waals surface area contributed by atoms with Gasteiger partial charge in [-0.3, -0.25) is 4.90 Å². The summed E-state index contributed by atoms with van der Waals surface area (Å²) < 4.78 is 0. The van der Waals surface area contributed by atoms with Crippen molar-refractivity contribution in [2.45, 2.75) is 148 Å². The molecule has 0 saturated carbocycles. The Morgan fingerprint density at radius 1 is 0.500 bits per heavy atom. The van der Waals surface area contributed by atoms with Crippen LogP contribution in [0.2, 0.25) is 0 Å². The van der Waals surface area contributed by atoms with Gasteiger partial charge in [0, 0.05) is 23.9 Å². The van der Waals surface area contributed by atoms with Crippen molar-refractivity contribution in [1.29, 1.82) is 0 Å². The summed E-state index contributed by atoms with van der Waals surface area (Å²) in [4.78, 5) is 2.04. The van der Waals surface area contributed by atoms with Crippen molar-refractivity contribution in [1.82, 2.24) is 4.90 Å². The van der Waals surface area contributed by atoms with Crippen molar-refractivity contribution in [3.8, 4) is 0 Å². The smallest absolute Gasteiger partial charge is 0.0558 e. The summed E-state index contributed by atoms with van der Waals surface area (Å²) in [5.74, 6) is 0.935. The van der Waals surface area contributed by atoms with E-state index in [0.717, 1.165) is 31.7 Å². The summed E-state index contributed by atoms with van der Waals surface area (Å²) in [6.45, 7) is 28.5. The van der Waals surface area contributed by atoms with Crippen LogP contribution in [0.3, 0.4) is 0 Å². The van der Waals surface area contributed by atoms with Crippen molar-refractivity contribution in [2.24, 2.45) is 22.2 Å². The second kappa shape index (κ2) is 36.9. The van der Waals surface area contributed by atoms with Crippen LogP contribution in [-0.2, 0) is 0 Å². The molecule has 0 unspecified atom stereocenters. The summed E-state index contributed by atoms with van der Waals surface area (Å²) in [5.41, 5.74) is 0.139. The van der Waals surface area contributed by atoms with Crippen LogP contribution in [0, 0.1) is 22.2 Å². The van der Waals surface area contributed by atoms with Crippen LogP contribution in [0.5, 0.6) is 0 Å². The lowest BCUT2D eigenvalue weighted by atomic mass is 9.78. The van der Waals surface area contributed by atoms with E-state index in [2.05, 4.69) is 55.4 Å². The zero-order valence-corrected chi connectivity index (χ0v) is 29.9. The Labute approximate surface area is 265 Å². The molecule has 0 atom stereocenters. The van der Waals surface area contributed by atoms with E-state index in [1.807, 2.05) is 18.7 Å². The molecular formula is C35H83NO6. The van der Waals surface area contributed by atoms with E-state index in [4.69, 9.17) is 30.6 Å². The highest BCUT2D eigenvalue weighted by Crippen LogP contribution is 2.33. The Hall–Kier alpha value is -0.280. The van der Waals surface area contributed by atoms with Gasteiger partial charge in [0.1, 0.15) is 0 Å². The van der Waals surface area contributed by atoms with Crippen molar-refractivity contribution in [3.05, 3.63) is 0 Å². The molecule has 0 aliphatic heterocycles. The largest absolute Gasteiger partial charge is 0.396 e. The number of hydrogen-bond donors (Lipinski definition) is 6. The summed E-state index contributed by atoms with van der Waals surface area (Å²) >= 11 is 0. The van der Waals surface area contributed by atoms with E-state index in [1.54, 1.807) is 13.8 Å². The lowest BCUT2D eigenvalue weighted by molar-refractivity contribution is 0.0480. The number of rotatable bonds is 18. The monoisotopic (exact) mass is 614 g/mol. The number of nitrogens with zero attached hydrogens (tertiary/aromatic N) is 1. The molecule has 0 fully saturated rings. The fourth-order valence-corrected chi connectivity index (χ4v) is 3.52. The first kappa shape index (κ1) is 54.2. The minimum absolute atomic E-state index is 0. The van der Waals surface area contributed by atoms with Gasteiger partial charge in [0.05, 0.1) is 39.6 Å². The molecule has 0 heterocycles. The van der Waals surface area contributed by atoms with Crippen molar-refractivity contribution in [3.63, 3.8) is 0 Å². The van der Waals surface area contributed by atoms with E-state index in [-0.39, 0.29) is 57.9 Å².